The van der Waals surface area contributed by atoms with E-state index < -0.39 is 23.3 Å². The summed E-state index contributed by atoms with van der Waals surface area (Å²) in [4.78, 5) is 36.4. The molecule has 0 aliphatic heterocycles. The zero-order valence-corrected chi connectivity index (χ0v) is 16.0. The van der Waals surface area contributed by atoms with Crippen LogP contribution in [0.4, 0.5) is 0 Å². The predicted molar refractivity (Wildman–Crippen MR) is 107 cm³/mol. The Kier molecular flexibility index (Phi) is 4.97. The van der Waals surface area contributed by atoms with E-state index >= 15 is 0 Å². The molecule has 0 saturated carbocycles. The number of carboxylic acid groups (broad SMARTS) is 1. The van der Waals surface area contributed by atoms with Crippen LogP contribution >= 0.6 is 22.6 Å². The Morgan fingerprint density at radius 3 is 2.46 bits per heavy atom. The number of carbonyl (C=O) groups is 1. The summed E-state index contributed by atoms with van der Waals surface area (Å²) >= 11 is 2.12. The molecule has 1 heterocycles. The number of benzene rings is 2. The fourth-order valence-electron chi connectivity index (χ4n) is 2.78. The van der Waals surface area contributed by atoms with Crippen LogP contribution in [-0.2, 0) is 18.3 Å². The van der Waals surface area contributed by atoms with Crippen molar-refractivity contribution in [1.29, 1.82) is 0 Å². The van der Waals surface area contributed by atoms with Gasteiger partial charge in [-0.05, 0) is 64.9 Å². The SMILES string of the molecule is Cn1c(=O)n(-c2ccc(C[C@H](N)C(=O)O)cc2)c(=O)c2cc(I)ccc21. The first-order chi connectivity index (χ1) is 12.3. The molecule has 3 rings (SSSR count). The molecule has 8 heteroatoms. The highest BCUT2D eigenvalue weighted by Gasteiger charge is 2.14. The number of fused-ring (bicyclic) bond motifs is 1. The average molecular weight is 465 g/mol. The number of halogens is 1. The standard InChI is InChI=1S/C18H16IN3O4/c1-21-15-7-4-11(19)9-13(15)16(23)22(18(21)26)12-5-2-10(3-6-12)8-14(20)17(24)25/h2-7,9,14H,8,20H2,1H3,(H,24,25)/t14-/m0/s1. The summed E-state index contributed by atoms with van der Waals surface area (Å²) in [5.74, 6) is -1.08. The summed E-state index contributed by atoms with van der Waals surface area (Å²) in [7, 11) is 1.62. The van der Waals surface area contributed by atoms with Gasteiger partial charge in [0.1, 0.15) is 6.04 Å². The van der Waals surface area contributed by atoms with Gasteiger partial charge in [0.05, 0.1) is 16.6 Å². The molecule has 0 fully saturated rings. The van der Waals surface area contributed by atoms with Gasteiger partial charge in [-0.2, -0.15) is 0 Å². The molecule has 0 unspecified atom stereocenters. The number of aromatic nitrogens is 2. The van der Waals surface area contributed by atoms with Crippen LogP contribution in [0.2, 0.25) is 0 Å². The normalized spacial score (nSPS) is 12.3. The minimum absolute atomic E-state index is 0.165. The van der Waals surface area contributed by atoms with Gasteiger partial charge < -0.3 is 10.8 Å². The number of nitrogens with two attached hydrogens (primary N) is 1. The van der Waals surface area contributed by atoms with Gasteiger partial charge in [0.15, 0.2) is 0 Å². The quantitative estimate of drug-likeness (QED) is 0.565. The Balaban J connectivity index is 2.12. The molecule has 0 radical (unpaired) electrons. The van der Waals surface area contributed by atoms with E-state index in [1.807, 2.05) is 6.07 Å². The Morgan fingerprint density at radius 1 is 1.19 bits per heavy atom. The number of hydrogen-bond acceptors (Lipinski definition) is 4. The van der Waals surface area contributed by atoms with E-state index in [0.29, 0.717) is 22.2 Å². The maximum Gasteiger partial charge on any atom is 0.335 e. The van der Waals surface area contributed by atoms with Crippen molar-refractivity contribution in [3.63, 3.8) is 0 Å². The first-order valence-electron chi connectivity index (χ1n) is 7.78. The molecule has 3 aromatic rings. The van der Waals surface area contributed by atoms with Crippen LogP contribution in [-0.4, -0.2) is 26.3 Å². The van der Waals surface area contributed by atoms with Gasteiger partial charge in [0.2, 0.25) is 0 Å². The van der Waals surface area contributed by atoms with Gasteiger partial charge in [-0.1, -0.05) is 12.1 Å². The van der Waals surface area contributed by atoms with Crippen LogP contribution in [0.3, 0.4) is 0 Å². The largest absolute Gasteiger partial charge is 0.480 e. The molecule has 26 heavy (non-hydrogen) atoms. The van der Waals surface area contributed by atoms with Crippen molar-refractivity contribution in [3.05, 3.63) is 72.4 Å². The van der Waals surface area contributed by atoms with Crippen LogP contribution in [0.5, 0.6) is 0 Å². The lowest BCUT2D eigenvalue weighted by molar-refractivity contribution is -0.138. The van der Waals surface area contributed by atoms with E-state index in [0.717, 1.165) is 8.14 Å². The summed E-state index contributed by atoms with van der Waals surface area (Å²) in [5.41, 5.74) is 6.40. The van der Waals surface area contributed by atoms with Crippen LogP contribution in [0.1, 0.15) is 5.56 Å². The van der Waals surface area contributed by atoms with Crippen LogP contribution in [0.25, 0.3) is 16.6 Å². The Bertz CT molecular complexity index is 1120. The third-order valence-corrected chi connectivity index (χ3v) is 4.87. The van der Waals surface area contributed by atoms with Crippen LogP contribution in [0.15, 0.2) is 52.1 Å². The van der Waals surface area contributed by atoms with Crippen molar-refractivity contribution in [3.8, 4) is 5.69 Å². The molecule has 3 N–H and O–H groups in total. The highest BCUT2D eigenvalue weighted by atomic mass is 127. The molecule has 0 bridgehead atoms. The first-order valence-corrected chi connectivity index (χ1v) is 8.86. The second-order valence-corrected chi connectivity index (χ2v) is 7.20. The molecule has 0 aliphatic carbocycles. The van der Waals surface area contributed by atoms with Crippen molar-refractivity contribution in [2.75, 3.05) is 0 Å². The van der Waals surface area contributed by atoms with Crippen molar-refractivity contribution < 1.29 is 9.90 Å². The lowest BCUT2D eigenvalue weighted by Crippen LogP contribution is -2.38. The number of aliphatic carboxylic acids is 1. The summed E-state index contributed by atoms with van der Waals surface area (Å²) in [5, 5.41) is 9.34. The number of rotatable bonds is 4. The van der Waals surface area contributed by atoms with Crippen molar-refractivity contribution in [2.24, 2.45) is 12.8 Å². The van der Waals surface area contributed by atoms with Gasteiger partial charge in [-0.25, -0.2) is 9.36 Å². The molecule has 134 valence electrons. The zero-order valence-electron chi connectivity index (χ0n) is 13.8. The molecular weight excluding hydrogens is 449 g/mol. The van der Waals surface area contributed by atoms with E-state index in [-0.39, 0.29) is 6.42 Å². The number of hydrogen-bond donors (Lipinski definition) is 2. The van der Waals surface area contributed by atoms with E-state index in [9.17, 15) is 14.4 Å². The van der Waals surface area contributed by atoms with Gasteiger partial charge in [-0.3, -0.25) is 14.2 Å². The second-order valence-electron chi connectivity index (χ2n) is 5.96. The molecule has 2 aromatic carbocycles. The number of carboxylic acids is 1. The molecule has 0 amide bonds. The maximum absolute atomic E-state index is 12.9. The highest BCUT2D eigenvalue weighted by molar-refractivity contribution is 14.1. The molecular formula is C18H16IN3O4. The Morgan fingerprint density at radius 2 is 1.85 bits per heavy atom. The molecule has 1 atom stereocenters. The van der Waals surface area contributed by atoms with E-state index in [1.54, 1.807) is 43.4 Å². The molecule has 0 spiro atoms. The van der Waals surface area contributed by atoms with Gasteiger partial charge in [-0.15, -0.1) is 0 Å². The second kappa shape index (κ2) is 7.04. The topological polar surface area (TPSA) is 107 Å². The number of aryl methyl sites for hydroxylation is 1. The summed E-state index contributed by atoms with van der Waals surface area (Å²) < 4.78 is 3.44. The van der Waals surface area contributed by atoms with Gasteiger partial charge >= 0.3 is 11.7 Å². The van der Waals surface area contributed by atoms with Crippen molar-refractivity contribution in [1.82, 2.24) is 9.13 Å². The van der Waals surface area contributed by atoms with Gasteiger partial charge in [0, 0.05) is 10.6 Å². The monoisotopic (exact) mass is 465 g/mol. The fraction of sp³-hybridized carbons (Fsp3) is 0.167. The van der Waals surface area contributed by atoms with Gasteiger partial charge in [0.25, 0.3) is 5.56 Å². The average Bonchev–Trinajstić information content (AvgIpc) is 2.61. The minimum atomic E-state index is -1.08. The number of nitrogens with zero attached hydrogens (tertiary/aromatic N) is 2. The third kappa shape index (κ3) is 3.29. The maximum atomic E-state index is 12.9. The summed E-state index contributed by atoms with van der Waals surface area (Å²) in [6.45, 7) is 0. The lowest BCUT2D eigenvalue weighted by atomic mass is 10.1. The first kappa shape index (κ1) is 18.3. The van der Waals surface area contributed by atoms with E-state index in [2.05, 4.69) is 22.6 Å². The Labute approximate surface area is 161 Å². The third-order valence-electron chi connectivity index (χ3n) is 4.20. The summed E-state index contributed by atoms with van der Waals surface area (Å²) in [6.07, 6.45) is 0.165. The van der Waals surface area contributed by atoms with E-state index in [4.69, 9.17) is 10.8 Å². The minimum Gasteiger partial charge on any atom is -0.480 e. The molecule has 1 aromatic heterocycles. The van der Waals surface area contributed by atoms with Crippen molar-refractivity contribution in [2.45, 2.75) is 12.5 Å². The highest BCUT2D eigenvalue weighted by Crippen LogP contribution is 2.14. The van der Waals surface area contributed by atoms with Crippen LogP contribution < -0.4 is 17.0 Å². The fourth-order valence-corrected chi connectivity index (χ4v) is 3.27. The zero-order chi connectivity index (χ0) is 19.0. The lowest BCUT2D eigenvalue weighted by Gasteiger charge is -2.12. The van der Waals surface area contributed by atoms with Crippen molar-refractivity contribution >= 4 is 39.5 Å². The summed E-state index contributed by atoms with van der Waals surface area (Å²) in [6, 6.07) is 10.9. The smallest absolute Gasteiger partial charge is 0.335 e. The Hall–Kier alpha value is -2.46. The molecule has 0 saturated heterocycles. The van der Waals surface area contributed by atoms with Crippen LogP contribution in [0, 0.1) is 3.57 Å². The molecule has 0 aliphatic rings. The molecule has 7 nitrogen and oxygen atoms in total. The van der Waals surface area contributed by atoms with E-state index in [1.165, 1.54) is 4.57 Å². The predicted octanol–water partition coefficient (Wildman–Crippen LogP) is 1.25.